The smallest absolute Gasteiger partial charge is 0.299 e. The summed E-state index contributed by atoms with van der Waals surface area (Å²) in [5.74, 6) is -0.769. The highest BCUT2D eigenvalue weighted by Crippen LogP contribution is 2.52. The van der Waals surface area contributed by atoms with Crippen LogP contribution < -0.4 is 0 Å². The topological polar surface area (TPSA) is 30.0 Å². The van der Waals surface area contributed by atoms with E-state index in [0.29, 0.717) is 18.8 Å². The first-order valence-electron chi connectivity index (χ1n) is 11.2. The molecule has 2 nitrogen and oxygen atoms in total. The molecule has 0 spiro atoms. The Morgan fingerprint density at radius 1 is 1.06 bits per heavy atom. The van der Waals surface area contributed by atoms with Gasteiger partial charge in [0.15, 0.2) is 0 Å². The van der Waals surface area contributed by atoms with Gasteiger partial charge in [0.2, 0.25) is 0 Å². The number of alkyl halides is 3. The zero-order valence-corrected chi connectivity index (χ0v) is 18.0. The quantitative estimate of drug-likeness (QED) is 0.344. The third-order valence-corrected chi connectivity index (χ3v) is 6.50. The largest absolute Gasteiger partial charge is 0.395 e. The number of rotatable bonds is 7. The molecular weight excluding hydrogens is 430 g/mol. The summed E-state index contributed by atoms with van der Waals surface area (Å²) < 4.78 is 51.6. The number of hydrogen-bond donors (Lipinski definition) is 0. The van der Waals surface area contributed by atoms with Crippen molar-refractivity contribution < 1.29 is 22.4 Å². The summed E-state index contributed by atoms with van der Waals surface area (Å²) in [4.78, 5) is 16.9. The van der Waals surface area contributed by atoms with Gasteiger partial charge in [-0.1, -0.05) is 42.5 Å². The van der Waals surface area contributed by atoms with Crippen molar-refractivity contribution in [3.63, 3.8) is 0 Å². The number of aromatic nitrogens is 1. The molecular formula is C27H23F4NO. The third-order valence-electron chi connectivity index (χ3n) is 6.50. The predicted octanol–water partition coefficient (Wildman–Crippen LogP) is 7.62. The Hall–Kier alpha value is -3.02. The Balaban J connectivity index is 1.59. The summed E-state index contributed by atoms with van der Waals surface area (Å²) in [6, 6.07) is 14.1. The zero-order chi connectivity index (χ0) is 23.2. The van der Waals surface area contributed by atoms with Gasteiger partial charge in [0.05, 0.1) is 11.2 Å². The lowest BCUT2D eigenvalue weighted by molar-refractivity contribution is -0.152. The number of nitrogens with zero attached hydrogens (tertiary/aromatic N) is 1. The van der Waals surface area contributed by atoms with E-state index in [1.165, 1.54) is 12.1 Å². The minimum Gasteiger partial charge on any atom is -0.299 e. The van der Waals surface area contributed by atoms with E-state index < -0.39 is 23.8 Å². The maximum Gasteiger partial charge on any atom is 0.395 e. The molecule has 0 atom stereocenters. The molecule has 2 aliphatic rings. The van der Waals surface area contributed by atoms with Crippen molar-refractivity contribution in [2.24, 2.45) is 5.41 Å². The first-order valence-corrected chi connectivity index (χ1v) is 11.2. The van der Waals surface area contributed by atoms with E-state index in [1.54, 1.807) is 12.1 Å². The van der Waals surface area contributed by atoms with Crippen LogP contribution in [0.2, 0.25) is 0 Å². The van der Waals surface area contributed by atoms with Gasteiger partial charge < -0.3 is 0 Å². The number of carbonyl (C=O) groups excluding carboxylic acids is 1. The Labute approximate surface area is 189 Å². The normalized spacial score (nSPS) is 17.6. The van der Waals surface area contributed by atoms with E-state index >= 15 is 0 Å². The van der Waals surface area contributed by atoms with Gasteiger partial charge in [-0.05, 0) is 54.9 Å². The van der Waals surface area contributed by atoms with Gasteiger partial charge in [-0.3, -0.25) is 9.78 Å². The lowest BCUT2D eigenvalue weighted by atomic mass is 9.90. The second kappa shape index (κ2) is 8.08. The molecule has 0 radical (unpaired) electrons. The number of Topliss-reactive ketones (excluding diaryl/α,β-unsaturated/α-hetero) is 1. The fraction of sp³-hybridized carbons (Fsp3) is 0.333. The second-order valence-electron chi connectivity index (χ2n) is 9.29. The minimum atomic E-state index is -4.48. The van der Waals surface area contributed by atoms with Crippen molar-refractivity contribution in [1.29, 1.82) is 0 Å². The molecule has 0 saturated heterocycles. The highest BCUT2D eigenvalue weighted by atomic mass is 19.4. The number of pyridine rings is 1. The van der Waals surface area contributed by atoms with Crippen LogP contribution in [0.25, 0.3) is 28.1 Å². The first-order chi connectivity index (χ1) is 15.7. The SMILES string of the molecule is O=C(CC(F)(F)F)CC1(/C=C/c2c(C3CC3)nc3ccccc3c2-c2ccc(F)cc2)CC1. The monoisotopic (exact) mass is 453 g/mol. The number of para-hydroxylation sites is 1. The number of ketones is 1. The minimum absolute atomic E-state index is 0.103. The number of benzene rings is 2. The number of allylic oxidation sites excluding steroid dienone is 1. The molecule has 0 unspecified atom stereocenters. The average Bonchev–Trinajstić information content (AvgIpc) is 3.67. The van der Waals surface area contributed by atoms with Crippen LogP contribution in [-0.4, -0.2) is 16.9 Å². The molecule has 2 fully saturated rings. The predicted molar refractivity (Wildman–Crippen MR) is 120 cm³/mol. The molecule has 2 saturated carbocycles. The van der Waals surface area contributed by atoms with Crippen molar-refractivity contribution in [3.8, 4) is 11.1 Å². The van der Waals surface area contributed by atoms with Gasteiger partial charge >= 0.3 is 6.18 Å². The van der Waals surface area contributed by atoms with Crippen LogP contribution in [0.4, 0.5) is 17.6 Å². The summed E-state index contributed by atoms with van der Waals surface area (Å²) in [6.07, 6.45) is 1.34. The van der Waals surface area contributed by atoms with Gasteiger partial charge in [0, 0.05) is 28.9 Å². The Morgan fingerprint density at radius 3 is 2.39 bits per heavy atom. The van der Waals surface area contributed by atoms with Crippen LogP contribution in [0.15, 0.2) is 54.6 Å². The second-order valence-corrected chi connectivity index (χ2v) is 9.29. The molecule has 0 bridgehead atoms. The van der Waals surface area contributed by atoms with E-state index in [2.05, 4.69) is 0 Å². The van der Waals surface area contributed by atoms with E-state index in [0.717, 1.165) is 46.1 Å². The summed E-state index contributed by atoms with van der Waals surface area (Å²) in [5, 5.41) is 0.936. The van der Waals surface area contributed by atoms with Gasteiger partial charge in [-0.25, -0.2) is 4.39 Å². The van der Waals surface area contributed by atoms with Crippen LogP contribution in [0.3, 0.4) is 0 Å². The van der Waals surface area contributed by atoms with E-state index in [-0.39, 0.29) is 12.2 Å². The third kappa shape index (κ3) is 4.85. The summed E-state index contributed by atoms with van der Waals surface area (Å²) in [6.45, 7) is 0. The average molecular weight is 453 g/mol. The molecule has 2 aliphatic carbocycles. The van der Waals surface area contributed by atoms with Crippen LogP contribution in [-0.2, 0) is 4.79 Å². The van der Waals surface area contributed by atoms with Gasteiger partial charge in [0.25, 0.3) is 0 Å². The Kier molecular flexibility index (Phi) is 5.34. The lowest BCUT2D eigenvalue weighted by Crippen LogP contribution is -2.17. The molecule has 33 heavy (non-hydrogen) atoms. The fourth-order valence-corrected chi connectivity index (χ4v) is 4.51. The molecule has 5 rings (SSSR count). The van der Waals surface area contributed by atoms with Crippen LogP contribution in [0.5, 0.6) is 0 Å². The number of carbonyl (C=O) groups is 1. The molecule has 1 aromatic heterocycles. The van der Waals surface area contributed by atoms with Crippen LogP contribution in [0, 0.1) is 11.2 Å². The van der Waals surface area contributed by atoms with Gasteiger partial charge in [-0.15, -0.1) is 0 Å². The van der Waals surface area contributed by atoms with E-state index in [9.17, 15) is 22.4 Å². The fourth-order valence-electron chi connectivity index (χ4n) is 4.51. The maximum absolute atomic E-state index is 13.6. The van der Waals surface area contributed by atoms with E-state index in [1.807, 2.05) is 36.4 Å². The number of fused-ring (bicyclic) bond motifs is 1. The number of halogens is 4. The molecule has 1 heterocycles. The zero-order valence-electron chi connectivity index (χ0n) is 18.0. The molecule has 6 heteroatoms. The molecule has 0 amide bonds. The number of hydrogen-bond acceptors (Lipinski definition) is 2. The molecule has 2 aromatic carbocycles. The van der Waals surface area contributed by atoms with Crippen molar-refractivity contribution >= 4 is 22.8 Å². The molecule has 0 N–H and O–H groups in total. The van der Waals surface area contributed by atoms with E-state index in [4.69, 9.17) is 4.98 Å². The molecule has 170 valence electrons. The van der Waals surface area contributed by atoms with Crippen molar-refractivity contribution in [3.05, 3.63) is 71.7 Å². The molecule has 0 aliphatic heterocycles. The molecule has 3 aromatic rings. The van der Waals surface area contributed by atoms with Gasteiger partial charge in [-0.2, -0.15) is 13.2 Å². The summed E-state index contributed by atoms with van der Waals surface area (Å²) >= 11 is 0. The standard InChI is InChI=1S/C27H23F4NO/c28-19-9-7-17(8-10-19)24-21-3-1-2-4-23(21)32-25(18-5-6-18)22(24)11-12-26(13-14-26)15-20(33)16-27(29,30)31/h1-4,7-12,18H,5-6,13-16H2/b12-11+. The van der Waals surface area contributed by atoms with Crippen molar-refractivity contribution in [2.75, 3.05) is 0 Å². The lowest BCUT2D eigenvalue weighted by Gasteiger charge is -2.17. The van der Waals surface area contributed by atoms with Gasteiger partial charge in [0.1, 0.15) is 18.0 Å². The maximum atomic E-state index is 13.6. The van der Waals surface area contributed by atoms with Crippen LogP contribution in [0.1, 0.15) is 55.7 Å². The Morgan fingerprint density at radius 2 is 1.76 bits per heavy atom. The first kappa shape index (κ1) is 21.8. The summed E-state index contributed by atoms with van der Waals surface area (Å²) in [7, 11) is 0. The van der Waals surface area contributed by atoms with Crippen molar-refractivity contribution in [1.82, 2.24) is 4.98 Å². The Bertz CT molecular complexity index is 1240. The highest BCUT2D eigenvalue weighted by molar-refractivity contribution is 5.99. The highest BCUT2D eigenvalue weighted by Gasteiger charge is 2.44. The van der Waals surface area contributed by atoms with Crippen LogP contribution >= 0.6 is 0 Å². The summed E-state index contributed by atoms with van der Waals surface area (Å²) in [5.41, 5.74) is 4.01. The van der Waals surface area contributed by atoms with Crippen molar-refractivity contribution in [2.45, 2.75) is 50.6 Å².